The van der Waals surface area contributed by atoms with Gasteiger partial charge in [-0.3, -0.25) is 14.5 Å². The number of phenolic OH excluding ortho intramolecular Hbond substituents is 1. The lowest BCUT2D eigenvalue weighted by atomic mass is 9.93. The highest BCUT2D eigenvalue weighted by Gasteiger charge is 2.54. The molecule has 3 aromatic rings. The first-order valence-corrected chi connectivity index (χ1v) is 14.4. The zero-order chi connectivity index (χ0) is 28.6. The van der Waals surface area contributed by atoms with Crippen molar-refractivity contribution in [2.24, 2.45) is 0 Å². The number of carboxylic acids is 1. The minimum absolute atomic E-state index is 0.0868. The Kier molecular flexibility index (Phi) is 7.26. The number of phenols is 1. The van der Waals surface area contributed by atoms with Crippen LogP contribution in [0.5, 0.6) is 5.75 Å². The van der Waals surface area contributed by atoms with Gasteiger partial charge in [0.1, 0.15) is 17.5 Å². The fourth-order valence-corrected chi connectivity index (χ4v) is 6.96. The van der Waals surface area contributed by atoms with Gasteiger partial charge < -0.3 is 20.0 Å². The molecule has 2 fully saturated rings. The fourth-order valence-electron chi connectivity index (χ4n) is 6.96. The van der Waals surface area contributed by atoms with Crippen molar-refractivity contribution in [3.8, 4) is 5.75 Å². The normalized spacial score (nSPS) is 21.1. The van der Waals surface area contributed by atoms with Crippen LogP contribution < -0.4 is 0 Å². The van der Waals surface area contributed by atoms with Crippen molar-refractivity contribution in [2.75, 3.05) is 13.1 Å². The number of hydrogen-bond acceptors (Lipinski definition) is 5. The quantitative estimate of drug-likeness (QED) is 0.402. The molecular formula is C33H35N3O5. The minimum Gasteiger partial charge on any atom is -0.508 e. The van der Waals surface area contributed by atoms with E-state index in [0.717, 1.165) is 29.5 Å². The monoisotopic (exact) mass is 553 g/mol. The van der Waals surface area contributed by atoms with Gasteiger partial charge in [-0.15, -0.1) is 0 Å². The second-order valence-corrected chi connectivity index (χ2v) is 11.5. The number of rotatable bonds is 9. The van der Waals surface area contributed by atoms with Crippen molar-refractivity contribution in [3.63, 3.8) is 0 Å². The number of hydrogen-bond donors (Lipinski definition) is 2. The Morgan fingerprint density at radius 1 is 0.902 bits per heavy atom. The van der Waals surface area contributed by atoms with Crippen LogP contribution in [0.15, 0.2) is 78.9 Å². The molecule has 8 nitrogen and oxygen atoms in total. The van der Waals surface area contributed by atoms with Gasteiger partial charge in [0, 0.05) is 37.2 Å². The summed E-state index contributed by atoms with van der Waals surface area (Å²) in [6, 6.07) is 24.0. The second kappa shape index (κ2) is 11.0. The predicted molar refractivity (Wildman–Crippen MR) is 153 cm³/mol. The van der Waals surface area contributed by atoms with Gasteiger partial charge in [0.2, 0.25) is 5.91 Å². The van der Waals surface area contributed by atoms with Crippen LogP contribution in [0.1, 0.15) is 65.3 Å². The summed E-state index contributed by atoms with van der Waals surface area (Å²) in [5, 5.41) is 20.3. The molecule has 0 spiro atoms. The minimum atomic E-state index is -1.26. The Morgan fingerprint density at radius 3 is 2.29 bits per heavy atom. The van der Waals surface area contributed by atoms with Crippen molar-refractivity contribution in [2.45, 2.75) is 62.8 Å². The van der Waals surface area contributed by atoms with E-state index in [0.29, 0.717) is 37.9 Å². The summed E-state index contributed by atoms with van der Waals surface area (Å²) in [4.78, 5) is 46.2. The van der Waals surface area contributed by atoms with Crippen molar-refractivity contribution in [3.05, 3.63) is 101 Å². The zero-order valence-electron chi connectivity index (χ0n) is 23.0. The number of aliphatic carboxylic acids is 1. The third kappa shape index (κ3) is 4.97. The maximum atomic E-state index is 13.9. The van der Waals surface area contributed by atoms with E-state index >= 15 is 0 Å². The summed E-state index contributed by atoms with van der Waals surface area (Å²) in [6.07, 6.45) is 2.78. The SMILES string of the molecule is O=C1c2ccccc2[C@@H]2N(Cc3ccc(O)cc3)C[C@@H](CN(C(=O)CCc3ccccc3)C3(C(=O)O)CCCC3)N12. The first-order chi connectivity index (χ1) is 19.9. The predicted octanol–water partition coefficient (Wildman–Crippen LogP) is 4.59. The molecule has 0 unspecified atom stereocenters. The third-order valence-electron chi connectivity index (χ3n) is 8.98. The number of benzene rings is 3. The van der Waals surface area contributed by atoms with Crippen LogP contribution in [-0.2, 0) is 22.6 Å². The maximum absolute atomic E-state index is 13.9. The Bertz CT molecular complexity index is 1430. The van der Waals surface area contributed by atoms with Crippen LogP contribution in [0.2, 0.25) is 0 Å². The number of aryl methyl sites for hydroxylation is 1. The fraction of sp³-hybridized carbons (Fsp3) is 0.364. The van der Waals surface area contributed by atoms with Crippen LogP contribution in [0.25, 0.3) is 0 Å². The average molecular weight is 554 g/mol. The molecule has 6 rings (SSSR count). The van der Waals surface area contributed by atoms with E-state index in [1.165, 1.54) is 0 Å². The average Bonchev–Trinajstić information content (AvgIpc) is 3.69. The number of aromatic hydroxyl groups is 1. The van der Waals surface area contributed by atoms with Crippen LogP contribution in [0, 0.1) is 0 Å². The van der Waals surface area contributed by atoms with Gasteiger partial charge in [-0.1, -0.05) is 73.5 Å². The molecule has 2 N–H and O–H groups in total. The van der Waals surface area contributed by atoms with Crippen LogP contribution >= 0.6 is 0 Å². The van der Waals surface area contributed by atoms with Crippen molar-refractivity contribution < 1.29 is 24.6 Å². The molecule has 2 amide bonds. The number of amides is 2. The number of carboxylic acid groups (broad SMARTS) is 1. The van der Waals surface area contributed by atoms with E-state index in [9.17, 15) is 24.6 Å². The number of nitrogens with zero attached hydrogens (tertiary/aromatic N) is 3. The van der Waals surface area contributed by atoms with E-state index < -0.39 is 11.5 Å². The maximum Gasteiger partial charge on any atom is 0.329 e. The molecule has 8 heteroatoms. The number of carbonyl (C=O) groups is 3. The van der Waals surface area contributed by atoms with E-state index in [2.05, 4.69) is 4.90 Å². The van der Waals surface area contributed by atoms with Gasteiger partial charge >= 0.3 is 5.97 Å². The lowest BCUT2D eigenvalue weighted by molar-refractivity contribution is -0.160. The molecule has 1 saturated heterocycles. The summed E-state index contributed by atoms with van der Waals surface area (Å²) >= 11 is 0. The molecule has 0 radical (unpaired) electrons. The van der Waals surface area contributed by atoms with Gasteiger partial charge in [-0.05, 0) is 48.6 Å². The molecule has 1 saturated carbocycles. The molecule has 41 heavy (non-hydrogen) atoms. The van der Waals surface area contributed by atoms with E-state index in [1.807, 2.05) is 71.6 Å². The largest absolute Gasteiger partial charge is 0.508 e. The molecule has 2 aliphatic heterocycles. The Labute approximate surface area is 239 Å². The van der Waals surface area contributed by atoms with Gasteiger partial charge in [-0.25, -0.2) is 4.79 Å². The summed E-state index contributed by atoms with van der Waals surface area (Å²) in [5.41, 5.74) is 2.34. The standard InChI is InChI=1S/C33H35N3O5/c37-26-15-12-24(13-16-26)20-34-21-25(36-30(34)27-10-4-5-11-28(27)31(36)39)22-35(33(32(40)41)18-6-7-19-33)29(38)17-14-23-8-2-1-3-9-23/h1-5,8-13,15-16,25,30,37H,6-7,14,17-22H2,(H,40,41)/t25-,30+/m0/s1. The molecule has 0 bridgehead atoms. The van der Waals surface area contributed by atoms with Crippen LogP contribution in [-0.4, -0.2) is 67.4 Å². The topological polar surface area (TPSA) is 101 Å². The van der Waals surface area contributed by atoms with Gasteiger partial charge in [0.15, 0.2) is 0 Å². The van der Waals surface area contributed by atoms with E-state index in [1.54, 1.807) is 17.0 Å². The van der Waals surface area contributed by atoms with Crippen LogP contribution in [0.4, 0.5) is 0 Å². The number of fused-ring (bicyclic) bond motifs is 3. The summed E-state index contributed by atoms with van der Waals surface area (Å²) in [7, 11) is 0. The van der Waals surface area contributed by atoms with Crippen LogP contribution in [0.3, 0.4) is 0 Å². The highest BCUT2D eigenvalue weighted by atomic mass is 16.4. The molecule has 3 aromatic carbocycles. The van der Waals surface area contributed by atoms with Crippen molar-refractivity contribution in [1.29, 1.82) is 0 Å². The molecular weight excluding hydrogens is 518 g/mol. The first kappa shape index (κ1) is 27.0. The van der Waals surface area contributed by atoms with E-state index in [4.69, 9.17) is 0 Å². The number of carbonyl (C=O) groups excluding carboxylic acids is 2. The first-order valence-electron chi connectivity index (χ1n) is 14.4. The molecule has 3 aliphatic rings. The third-order valence-corrected chi connectivity index (χ3v) is 8.98. The second-order valence-electron chi connectivity index (χ2n) is 11.5. The Balaban J connectivity index is 1.32. The van der Waals surface area contributed by atoms with Crippen molar-refractivity contribution >= 4 is 17.8 Å². The lowest BCUT2D eigenvalue weighted by Crippen LogP contribution is -2.59. The molecule has 1 aliphatic carbocycles. The molecule has 2 heterocycles. The van der Waals surface area contributed by atoms with Crippen molar-refractivity contribution in [1.82, 2.24) is 14.7 Å². The molecule has 2 atom stereocenters. The molecule has 0 aromatic heterocycles. The molecule has 212 valence electrons. The lowest BCUT2D eigenvalue weighted by Gasteiger charge is -2.40. The Morgan fingerprint density at radius 2 is 1.59 bits per heavy atom. The van der Waals surface area contributed by atoms with E-state index in [-0.39, 0.29) is 42.7 Å². The van der Waals surface area contributed by atoms with Gasteiger partial charge in [0.05, 0.1) is 6.04 Å². The summed E-state index contributed by atoms with van der Waals surface area (Å²) < 4.78 is 0. The highest BCUT2D eigenvalue weighted by Crippen LogP contribution is 2.44. The smallest absolute Gasteiger partial charge is 0.329 e. The van der Waals surface area contributed by atoms with Gasteiger partial charge in [-0.2, -0.15) is 0 Å². The zero-order valence-corrected chi connectivity index (χ0v) is 23.0. The highest BCUT2D eigenvalue weighted by molar-refractivity contribution is 5.99. The Hall–Kier alpha value is -4.17. The summed E-state index contributed by atoms with van der Waals surface area (Å²) in [6.45, 7) is 1.22. The summed E-state index contributed by atoms with van der Waals surface area (Å²) in [5.74, 6) is -1.04. The van der Waals surface area contributed by atoms with Gasteiger partial charge in [0.25, 0.3) is 5.91 Å².